The first-order valence-corrected chi connectivity index (χ1v) is 6.62. The van der Waals surface area contributed by atoms with Crippen molar-refractivity contribution < 1.29 is 9.50 Å². The third-order valence-electron chi connectivity index (χ3n) is 4.56. The van der Waals surface area contributed by atoms with Gasteiger partial charge in [-0.3, -0.25) is 0 Å². The molecule has 1 aromatic carbocycles. The number of halogens is 1. The van der Waals surface area contributed by atoms with Crippen molar-refractivity contribution in [2.24, 2.45) is 17.8 Å². The summed E-state index contributed by atoms with van der Waals surface area (Å²) in [6.45, 7) is 1.94. The van der Waals surface area contributed by atoms with Crippen molar-refractivity contribution in [2.75, 3.05) is 0 Å². The summed E-state index contributed by atoms with van der Waals surface area (Å²) >= 11 is 0. The van der Waals surface area contributed by atoms with Gasteiger partial charge in [-0.15, -0.1) is 0 Å². The Labute approximate surface area is 102 Å². The topological polar surface area (TPSA) is 20.2 Å². The molecule has 1 N–H and O–H groups in total. The van der Waals surface area contributed by atoms with Crippen molar-refractivity contribution in [2.45, 2.75) is 38.7 Å². The molecule has 17 heavy (non-hydrogen) atoms. The minimum atomic E-state index is -0.594. The summed E-state index contributed by atoms with van der Waals surface area (Å²) in [6.07, 6.45) is 4.41. The van der Waals surface area contributed by atoms with E-state index in [0.29, 0.717) is 23.3 Å². The molecule has 2 aliphatic carbocycles. The SMILES string of the molecule is Cc1ccc(F)c(C(O)C2C3CCCCC32)c1. The molecule has 92 valence electrons. The Kier molecular flexibility index (Phi) is 2.70. The van der Waals surface area contributed by atoms with Crippen LogP contribution in [0.3, 0.4) is 0 Å². The van der Waals surface area contributed by atoms with Gasteiger partial charge >= 0.3 is 0 Å². The van der Waals surface area contributed by atoms with Gasteiger partial charge in [-0.05, 0) is 43.6 Å². The molecule has 2 saturated carbocycles. The van der Waals surface area contributed by atoms with Crippen LogP contribution in [0.2, 0.25) is 0 Å². The molecule has 1 aromatic rings. The molecule has 1 nitrogen and oxygen atoms in total. The van der Waals surface area contributed by atoms with Gasteiger partial charge in [-0.25, -0.2) is 4.39 Å². The van der Waals surface area contributed by atoms with Gasteiger partial charge in [0.15, 0.2) is 0 Å². The summed E-state index contributed by atoms with van der Waals surface area (Å²) in [4.78, 5) is 0. The zero-order valence-electron chi connectivity index (χ0n) is 10.2. The van der Waals surface area contributed by atoms with Crippen molar-refractivity contribution in [3.63, 3.8) is 0 Å². The number of fused-ring (bicyclic) bond motifs is 1. The Morgan fingerprint density at radius 3 is 2.53 bits per heavy atom. The minimum absolute atomic E-state index is 0.258. The Hall–Kier alpha value is -0.890. The zero-order chi connectivity index (χ0) is 12.0. The number of rotatable bonds is 2. The molecule has 0 spiro atoms. The Morgan fingerprint density at radius 1 is 1.24 bits per heavy atom. The Morgan fingerprint density at radius 2 is 1.88 bits per heavy atom. The summed E-state index contributed by atoms with van der Waals surface area (Å²) in [7, 11) is 0. The molecule has 2 fully saturated rings. The highest BCUT2D eigenvalue weighted by atomic mass is 19.1. The Bertz CT molecular complexity index is 417. The summed E-state index contributed by atoms with van der Waals surface area (Å²) in [5.74, 6) is 1.36. The first-order chi connectivity index (χ1) is 8.18. The predicted molar refractivity (Wildman–Crippen MR) is 65.0 cm³/mol. The van der Waals surface area contributed by atoms with Crippen LogP contribution in [-0.2, 0) is 0 Å². The van der Waals surface area contributed by atoms with Gasteiger partial charge in [-0.1, -0.05) is 30.5 Å². The van der Waals surface area contributed by atoms with Gasteiger partial charge in [0, 0.05) is 5.56 Å². The minimum Gasteiger partial charge on any atom is -0.388 e. The van der Waals surface area contributed by atoms with Crippen LogP contribution in [0.5, 0.6) is 0 Å². The first-order valence-electron chi connectivity index (χ1n) is 6.62. The quantitative estimate of drug-likeness (QED) is 0.829. The highest BCUT2D eigenvalue weighted by molar-refractivity contribution is 5.28. The third kappa shape index (κ3) is 1.89. The maximum absolute atomic E-state index is 13.7. The molecule has 0 bridgehead atoms. The van der Waals surface area contributed by atoms with Crippen LogP contribution in [-0.4, -0.2) is 5.11 Å². The largest absolute Gasteiger partial charge is 0.388 e. The van der Waals surface area contributed by atoms with E-state index in [-0.39, 0.29) is 5.82 Å². The predicted octanol–water partition coefficient (Wildman–Crippen LogP) is 3.60. The van der Waals surface area contributed by atoms with E-state index in [4.69, 9.17) is 0 Å². The normalized spacial score (nSPS) is 33.0. The van der Waals surface area contributed by atoms with E-state index in [9.17, 15) is 9.50 Å². The lowest BCUT2D eigenvalue weighted by molar-refractivity contribution is 0.138. The number of benzene rings is 1. The number of aliphatic hydroxyl groups is 1. The van der Waals surface area contributed by atoms with Gasteiger partial charge in [0.1, 0.15) is 5.82 Å². The molecule has 0 saturated heterocycles. The van der Waals surface area contributed by atoms with Crippen molar-refractivity contribution >= 4 is 0 Å². The lowest BCUT2D eigenvalue weighted by Crippen LogP contribution is -2.05. The average Bonchev–Trinajstić information content (AvgIpc) is 3.05. The van der Waals surface area contributed by atoms with Crippen LogP contribution >= 0.6 is 0 Å². The van der Waals surface area contributed by atoms with Crippen molar-refractivity contribution in [1.29, 1.82) is 0 Å². The number of aryl methyl sites for hydroxylation is 1. The van der Waals surface area contributed by atoms with Crippen molar-refractivity contribution in [3.05, 3.63) is 35.1 Å². The van der Waals surface area contributed by atoms with Crippen LogP contribution in [0, 0.1) is 30.5 Å². The number of hydrogen-bond donors (Lipinski definition) is 1. The van der Waals surface area contributed by atoms with Gasteiger partial charge in [0.2, 0.25) is 0 Å². The molecule has 0 amide bonds. The Balaban J connectivity index is 1.82. The molecule has 2 aliphatic rings. The summed E-state index contributed by atoms with van der Waals surface area (Å²) in [5.41, 5.74) is 1.52. The molecular formula is C15H19FO. The van der Waals surface area contributed by atoms with Gasteiger partial charge in [0.05, 0.1) is 6.10 Å². The average molecular weight is 234 g/mol. The molecule has 0 aliphatic heterocycles. The highest BCUT2D eigenvalue weighted by Crippen LogP contribution is 2.60. The zero-order valence-corrected chi connectivity index (χ0v) is 10.2. The van der Waals surface area contributed by atoms with E-state index in [1.165, 1.54) is 31.7 Å². The molecular weight excluding hydrogens is 215 g/mol. The maximum atomic E-state index is 13.7. The standard InChI is InChI=1S/C15H19FO/c1-9-6-7-13(16)12(8-9)15(17)14-10-4-2-3-5-11(10)14/h6-8,10-11,14-15,17H,2-5H2,1H3. The van der Waals surface area contributed by atoms with Crippen LogP contribution < -0.4 is 0 Å². The van der Waals surface area contributed by atoms with Gasteiger partial charge < -0.3 is 5.11 Å². The summed E-state index contributed by atoms with van der Waals surface area (Å²) in [5, 5.41) is 10.4. The monoisotopic (exact) mass is 234 g/mol. The second-order valence-corrected chi connectivity index (χ2v) is 5.66. The van der Waals surface area contributed by atoms with E-state index < -0.39 is 6.10 Å². The van der Waals surface area contributed by atoms with Crippen LogP contribution in [0.1, 0.15) is 42.9 Å². The van der Waals surface area contributed by atoms with Crippen molar-refractivity contribution in [1.82, 2.24) is 0 Å². The molecule has 2 heteroatoms. The fourth-order valence-corrected chi connectivity index (χ4v) is 3.61. The molecule has 0 heterocycles. The molecule has 0 aromatic heterocycles. The smallest absolute Gasteiger partial charge is 0.129 e. The maximum Gasteiger partial charge on any atom is 0.129 e. The summed E-state index contributed by atoms with van der Waals surface area (Å²) < 4.78 is 13.7. The second-order valence-electron chi connectivity index (χ2n) is 5.66. The lowest BCUT2D eigenvalue weighted by atomic mass is 10.0. The van der Waals surface area contributed by atoms with E-state index >= 15 is 0 Å². The fraction of sp³-hybridized carbons (Fsp3) is 0.600. The van der Waals surface area contributed by atoms with Gasteiger partial charge in [-0.2, -0.15) is 0 Å². The van der Waals surface area contributed by atoms with E-state index in [0.717, 1.165) is 5.56 Å². The molecule has 3 atom stereocenters. The first kappa shape index (κ1) is 11.2. The van der Waals surface area contributed by atoms with Crippen LogP contribution in [0.4, 0.5) is 4.39 Å². The lowest BCUT2D eigenvalue weighted by Gasteiger charge is -2.12. The van der Waals surface area contributed by atoms with Gasteiger partial charge in [0.25, 0.3) is 0 Å². The molecule has 3 unspecified atom stereocenters. The van der Waals surface area contributed by atoms with E-state index in [2.05, 4.69) is 0 Å². The number of aliphatic hydroxyl groups excluding tert-OH is 1. The summed E-state index contributed by atoms with van der Waals surface area (Å²) in [6, 6.07) is 5.02. The number of hydrogen-bond acceptors (Lipinski definition) is 1. The molecule has 0 radical (unpaired) electrons. The second kappa shape index (κ2) is 4.09. The van der Waals surface area contributed by atoms with Crippen molar-refractivity contribution in [3.8, 4) is 0 Å². The molecule has 3 rings (SSSR count). The fourth-order valence-electron chi connectivity index (χ4n) is 3.61. The van der Waals surface area contributed by atoms with E-state index in [1.54, 1.807) is 12.1 Å². The van der Waals surface area contributed by atoms with Crippen LogP contribution in [0.25, 0.3) is 0 Å². The highest BCUT2D eigenvalue weighted by Gasteiger charge is 2.54. The van der Waals surface area contributed by atoms with E-state index in [1.807, 2.05) is 6.92 Å². The van der Waals surface area contributed by atoms with Crippen LogP contribution in [0.15, 0.2) is 18.2 Å². The third-order valence-corrected chi connectivity index (χ3v) is 4.56.